The fourth-order valence-electron chi connectivity index (χ4n) is 0. The van der Waals surface area contributed by atoms with Gasteiger partial charge in [0, 0.05) is 6.67 Å². The Morgan fingerprint density at radius 3 is 0.455 bits per heavy atom. The van der Waals surface area contributed by atoms with Gasteiger partial charge in [0.2, 0.25) is 0 Å². The minimum Gasteiger partial charge on any atom is -0.333 e. The normalized spacial score (nSPS) is 4.36. The molecule has 0 amide bonds. The van der Waals surface area contributed by atoms with Crippen molar-refractivity contribution in [1.29, 1.82) is 0 Å². The van der Waals surface area contributed by atoms with Gasteiger partial charge in [0.15, 0.2) is 0 Å². The van der Waals surface area contributed by atoms with Crippen LogP contribution in [0.1, 0.15) is 7.43 Å². The van der Waals surface area contributed by atoms with E-state index in [4.69, 9.17) is 0 Å². The Kier molecular flexibility index (Phi) is 1960. The molecule has 152 valence electrons. The molecule has 0 aliphatic rings. The van der Waals surface area contributed by atoms with Crippen molar-refractivity contribution >= 4 is 0 Å². The van der Waals surface area contributed by atoms with Gasteiger partial charge in [0.05, 0.1) is 0 Å². The van der Waals surface area contributed by atoms with Crippen LogP contribution in [-0.2, 0) is 0 Å². The van der Waals surface area contributed by atoms with Crippen molar-refractivity contribution in [3.05, 3.63) is 0 Å². The molecule has 22 heavy (non-hydrogen) atoms. The van der Waals surface area contributed by atoms with Crippen LogP contribution < -0.4 is 68.8 Å². The van der Waals surface area contributed by atoms with Crippen LogP contribution in [-0.4, -0.2) is 62.3 Å². The van der Waals surface area contributed by atoms with Crippen LogP contribution in [0.4, 0.5) is 0 Å². The molecule has 0 saturated heterocycles. The topological polar surface area (TPSA) is 312 Å². The molecule has 0 aromatic heterocycles. The maximum absolute atomic E-state index is 4.67. The third kappa shape index (κ3) is 29100. The van der Waals surface area contributed by atoms with E-state index in [2.05, 4.69) is 68.8 Å². The molecule has 0 heterocycles. The second-order valence-electron chi connectivity index (χ2n) is 0.813. The van der Waals surface area contributed by atoms with Gasteiger partial charge < -0.3 is 68.8 Å². The average Bonchev–Trinajstić information content (AvgIpc) is 2.60. The van der Waals surface area contributed by atoms with E-state index < -0.39 is 6.29 Å². The Bertz CT molecular complexity index is 33.1. The van der Waals surface area contributed by atoms with Crippen LogP contribution in [0.3, 0.4) is 0 Å². The Labute approximate surface area is 139 Å². The molecule has 0 rings (SSSR count). The lowest BCUT2D eigenvalue weighted by atomic mass is 11.0. The number of hydrogen-bond acceptors (Lipinski definition) is 12. The summed E-state index contributed by atoms with van der Waals surface area (Å²) in [6.07, 6.45) is -0.667. The second kappa shape index (κ2) is 631. The first-order valence-electron chi connectivity index (χ1n) is 5.86. The van der Waals surface area contributed by atoms with Gasteiger partial charge in [-0.2, -0.15) is 0 Å². The quantitative estimate of drug-likeness (QED) is 0.184. The van der Waals surface area contributed by atoms with Crippen LogP contribution >= 0.6 is 0 Å². The van der Waals surface area contributed by atoms with Gasteiger partial charge in [0.1, 0.15) is 6.29 Å². The van der Waals surface area contributed by atoms with Crippen molar-refractivity contribution in [1.82, 2.24) is 0 Å². The van der Waals surface area contributed by atoms with Crippen LogP contribution in [0.5, 0.6) is 0 Å². The summed E-state index contributed by atoms with van der Waals surface area (Å²) in [5, 5.41) is 0. The standard InChI is InChI=1S/CH7N3.CH6N2.7CH5N.CH4/c2-1(3)4;2-1-3;7*1-2;/h1H,2-4H2;1-3H2;7*2H2,1H3;1H4. The van der Waals surface area contributed by atoms with Crippen molar-refractivity contribution in [3.8, 4) is 0 Å². The first-order valence-corrected chi connectivity index (χ1v) is 5.86. The molecule has 0 bridgehead atoms. The highest BCUT2D eigenvalue weighted by atomic mass is 15.0. The first-order chi connectivity index (χ1) is 10.1. The summed E-state index contributed by atoms with van der Waals surface area (Å²) in [6, 6.07) is 0. The maximum atomic E-state index is 4.67. The van der Waals surface area contributed by atoms with Crippen LogP contribution in [0.2, 0.25) is 0 Å². The third-order valence-electron chi connectivity index (χ3n) is 0. The minimum atomic E-state index is -0.667. The SMILES string of the molecule is C.CN.CN.CN.CN.CN.CN.CN.NC(N)N.NCN. The van der Waals surface area contributed by atoms with Crippen LogP contribution in [0.25, 0.3) is 0 Å². The summed E-state index contributed by atoms with van der Waals surface area (Å²) in [7, 11) is 10.5. The number of nitrogens with two attached hydrogens (primary N) is 12. The highest BCUT2D eigenvalue weighted by Crippen LogP contribution is 1.17. The van der Waals surface area contributed by atoms with Gasteiger partial charge in [-0.1, -0.05) is 7.43 Å². The Balaban J connectivity index is -0.00000000933. The average molecular weight is 341 g/mol. The molecule has 0 aromatic rings. The molecule has 0 radical (unpaired) electrons. The lowest BCUT2D eigenvalue weighted by molar-refractivity contribution is 0.750. The zero-order valence-electron chi connectivity index (χ0n) is 15.2. The molecule has 12 heteroatoms. The van der Waals surface area contributed by atoms with E-state index in [-0.39, 0.29) is 14.1 Å². The molecule has 0 aliphatic heterocycles. The number of hydrogen-bond donors (Lipinski definition) is 12. The van der Waals surface area contributed by atoms with E-state index in [0.29, 0.717) is 0 Å². The smallest absolute Gasteiger partial charge is 0.104 e. The third-order valence-corrected chi connectivity index (χ3v) is 0. The van der Waals surface area contributed by atoms with Crippen LogP contribution in [0.15, 0.2) is 0 Å². The predicted molar refractivity (Wildman–Crippen MR) is 107 cm³/mol. The van der Waals surface area contributed by atoms with Crippen molar-refractivity contribution in [2.45, 2.75) is 13.7 Å². The van der Waals surface area contributed by atoms with Crippen LogP contribution in [0, 0.1) is 0 Å². The lowest BCUT2D eigenvalue weighted by Crippen LogP contribution is -2.39. The molecular formula is C10H52N12. The highest BCUT2D eigenvalue weighted by Gasteiger charge is 1.64. The van der Waals surface area contributed by atoms with Crippen molar-refractivity contribution < 1.29 is 0 Å². The van der Waals surface area contributed by atoms with Crippen molar-refractivity contribution in [2.24, 2.45) is 68.8 Å². The van der Waals surface area contributed by atoms with Gasteiger partial charge in [0.25, 0.3) is 0 Å². The minimum absolute atomic E-state index is 0. The summed E-state index contributed by atoms with van der Waals surface area (Å²) >= 11 is 0. The molecule has 0 atom stereocenters. The summed E-state index contributed by atoms with van der Waals surface area (Å²) in [5.41, 5.74) is 54.7. The largest absolute Gasteiger partial charge is 0.333 e. The fraction of sp³-hybridized carbons (Fsp3) is 1.00. The fourth-order valence-corrected chi connectivity index (χ4v) is 0. The molecule has 0 fully saturated rings. The van der Waals surface area contributed by atoms with Gasteiger partial charge in [-0.25, -0.2) is 0 Å². The van der Waals surface area contributed by atoms with Crippen molar-refractivity contribution in [3.63, 3.8) is 0 Å². The zero-order chi connectivity index (χ0) is 20.3. The molecule has 0 saturated carbocycles. The molecule has 0 aliphatic carbocycles. The molecule has 0 aromatic carbocycles. The molecule has 12 nitrogen and oxygen atoms in total. The van der Waals surface area contributed by atoms with E-state index in [9.17, 15) is 0 Å². The van der Waals surface area contributed by atoms with E-state index in [1.807, 2.05) is 0 Å². The van der Waals surface area contributed by atoms with E-state index in [1.165, 1.54) is 49.3 Å². The van der Waals surface area contributed by atoms with Gasteiger partial charge >= 0.3 is 0 Å². The Morgan fingerprint density at radius 1 is 0.455 bits per heavy atom. The van der Waals surface area contributed by atoms with E-state index in [0.717, 1.165) is 0 Å². The lowest BCUT2D eigenvalue weighted by Gasteiger charge is -1.84. The summed E-state index contributed by atoms with van der Waals surface area (Å²) in [6.45, 7) is 0.250. The van der Waals surface area contributed by atoms with Crippen molar-refractivity contribution in [2.75, 3.05) is 56.0 Å². The van der Waals surface area contributed by atoms with Gasteiger partial charge in [-0.15, -0.1) is 0 Å². The monoisotopic (exact) mass is 340 g/mol. The molecule has 0 unspecified atom stereocenters. The van der Waals surface area contributed by atoms with E-state index in [1.54, 1.807) is 0 Å². The molecular weight excluding hydrogens is 288 g/mol. The summed E-state index contributed by atoms with van der Waals surface area (Å²) in [5.74, 6) is 0. The maximum Gasteiger partial charge on any atom is 0.104 e. The highest BCUT2D eigenvalue weighted by molar-refractivity contribution is 4.25. The molecule has 0 spiro atoms. The van der Waals surface area contributed by atoms with Gasteiger partial charge in [-0.05, 0) is 49.3 Å². The van der Waals surface area contributed by atoms with Gasteiger partial charge in [-0.3, -0.25) is 0 Å². The Hall–Kier alpha value is -0.480. The second-order valence-corrected chi connectivity index (χ2v) is 0.813. The van der Waals surface area contributed by atoms with E-state index >= 15 is 0 Å². The first kappa shape index (κ1) is 68.3. The molecule has 24 N–H and O–H groups in total. The zero-order valence-corrected chi connectivity index (χ0v) is 15.2. The number of rotatable bonds is 0. The summed E-state index contributed by atoms with van der Waals surface area (Å²) < 4.78 is 0. The summed E-state index contributed by atoms with van der Waals surface area (Å²) in [4.78, 5) is 0. The Morgan fingerprint density at radius 2 is 0.455 bits per heavy atom. The predicted octanol–water partition coefficient (Wildman–Crippen LogP) is -5.33.